The number of rotatable bonds is 15. The van der Waals surface area contributed by atoms with Crippen molar-refractivity contribution in [2.45, 2.75) is 63.7 Å². The van der Waals surface area contributed by atoms with Gasteiger partial charge in [0.1, 0.15) is 23.9 Å². The second-order valence-electron chi connectivity index (χ2n) is 10.7. The smallest absolute Gasteiger partial charge is 0.326 e. The average molecular weight is 596 g/mol. The molecule has 43 heavy (non-hydrogen) atoms. The first-order valence-electron chi connectivity index (χ1n) is 13.8. The van der Waals surface area contributed by atoms with Gasteiger partial charge in [-0.05, 0) is 41.7 Å². The summed E-state index contributed by atoms with van der Waals surface area (Å²) in [7, 11) is 0. The van der Waals surface area contributed by atoms with Gasteiger partial charge in [-0.15, -0.1) is 0 Å². The fourth-order valence-electron chi connectivity index (χ4n) is 4.45. The lowest BCUT2D eigenvalue weighted by Crippen LogP contribution is -2.58. The minimum atomic E-state index is -1.42. The number of para-hydroxylation sites is 1. The van der Waals surface area contributed by atoms with Crippen LogP contribution in [-0.2, 0) is 36.8 Å². The molecular weight excluding hydrogens is 558 g/mol. The lowest BCUT2D eigenvalue weighted by atomic mass is 10.0. The van der Waals surface area contributed by atoms with Crippen LogP contribution in [0.2, 0.25) is 0 Å². The van der Waals surface area contributed by atoms with Crippen molar-refractivity contribution in [2.24, 2.45) is 11.7 Å². The minimum absolute atomic E-state index is 0.0141. The summed E-state index contributed by atoms with van der Waals surface area (Å²) < 4.78 is 0. The van der Waals surface area contributed by atoms with Gasteiger partial charge in [0.25, 0.3) is 0 Å². The van der Waals surface area contributed by atoms with Gasteiger partial charge >= 0.3 is 11.9 Å². The maximum Gasteiger partial charge on any atom is 0.326 e. The van der Waals surface area contributed by atoms with E-state index in [0.717, 1.165) is 10.9 Å². The molecule has 1 heterocycles. The summed E-state index contributed by atoms with van der Waals surface area (Å²) in [5.41, 5.74) is 8.04. The van der Waals surface area contributed by atoms with Gasteiger partial charge in [0, 0.05) is 36.4 Å². The topological polar surface area (TPSA) is 224 Å². The Morgan fingerprint density at radius 2 is 1.42 bits per heavy atom. The van der Waals surface area contributed by atoms with Gasteiger partial charge in [-0.1, -0.05) is 44.2 Å². The number of hydrogen-bond acceptors (Lipinski definition) is 7. The number of amides is 3. The molecule has 0 saturated heterocycles. The number of H-pyrrole nitrogens is 1. The zero-order valence-corrected chi connectivity index (χ0v) is 23.9. The van der Waals surface area contributed by atoms with Crippen molar-refractivity contribution in [3.63, 3.8) is 0 Å². The molecule has 0 fully saturated rings. The van der Waals surface area contributed by atoms with Crippen molar-refractivity contribution in [1.82, 2.24) is 20.9 Å². The normalized spacial score (nSPS) is 14.0. The van der Waals surface area contributed by atoms with Crippen molar-refractivity contribution in [1.29, 1.82) is 0 Å². The van der Waals surface area contributed by atoms with E-state index in [1.54, 1.807) is 20.0 Å². The third-order valence-electron chi connectivity index (χ3n) is 7.02. The zero-order valence-electron chi connectivity index (χ0n) is 23.9. The number of phenols is 1. The van der Waals surface area contributed by atoms with Gasteiger partial charge in [-0.25, -0.2) is 4.79 Å². The highest BCUT2D eigenvalue weighted by Gasteiger charge is 2.31. The molecule has 0 saturated carbocycles. The van der Waals surface area contributed by atoms with E-state index >= 15 is 0 Å². The first-order chi connectivity index (χ1) is 20.3. The van der Waals surface area contributed by atoms with E-state index in [1.807, 2.05) is 24.3 Å². The Morgan fingerprint density at radius 1 is 0.814 bits per heavy atom. The SMILES string of the molecule is CC(C)C(N)C(=O)NC(Cc1c[nH]c2ccccc12)C(=O)NC(CCC(=O)O)C(=O)NC(Cc1ccc(O)cc1)C(=O)O. The fraction of sp³-hybridized carbons (Fsp3) is 0.367. The third kappa shape index (κ3) is 9.30. The molecule has 2 aromatic carbocycles. The van der Waals surface area contributed by atoms with Crippen molar-refractivity contribution < 1.29 is 39.3 Å². The van der Waals surface area contributed by atoms with Gasteiger partial charge < -0.3 is 42.0 Å². The molecule has 1 aromatic heterocycles. The second kappa shape index (κ2) is 14.8. The van der Waals surface area contributed by atoms with E-state index < -0.39 is 60.2 Å². The predicted octanol–water partition coefficient (Wildman–Crippen LogP) is 1.05. The van der Waals surface area contributed by atoms with Crippen LogP contribution >= 0.6 is 0 Å². The van der Waals surface area contributed by atoms with E-state index in [4.69, 9.17) is 5.73 Å². The molecule has 0 bridgehead atoms. The molecule has 9 N–H and O–H groups in total. The van der Waals surface area contributed by atoms with Gasteiger partial charge in [0.15, 0.2) is 0 Å². The number of hydrogen-bond donors (Lipinski definition) is 8. The van der Waals surface area contributed by atoms with Crippen LogP contribution in [0.15, 0.2) is 54.7 Å². The predicted molar refractivity (Wildman–Crippen MR) is 157 cm³/mol. The lowest BCUT2D eigenvalue weighted by Gasteiger charge is -2.25. The minimum Gasteiger partial charge on any atom is -0.508 e. The number of carbonyl (C=O) groups excluding carboxylic acids is 3. The Balaban J connectivity index is 1.84. The maximum atomic E-state index is 13.6. The first-order valence-corrected chi connectivity index (χ1v) is 13.8. The molecule has 3 amide bonds. The second-order valence-corrected chi connectivity index (χ2v) is 10.7. The van der Waals surface area contributed by atoms with Crippen molar-refractivity contribution in [3.8, 4) is 5.75 Å². The Bertz CT molecular complexity index is 1450. The van der Waals surface area contributed by atoms with Gasteiger partial charge in [-0.3, -0.25) is 19.2 Å². The summed E-state index contributed by atoms with van der Waals surface area (Å²) in [6, 6.07) is 8.17. The summed E-state index contributed by atoms with van der Waals surface area (Å²) in [5.74, 6) is -5.08. The Morgan fingerprint density at radius 3 is 2.05 bits per heavy atom. The van der Waals surface area contributed by atoms with E-state index in [1.165, 1.54) is 24.3 Å². The number of carbonyl (C=O) groups is 5. The van der Waals surface area contributed by atoms with Gasteiger partial charge in [0.2, 0.25) is 17.7 Å². The molecule has 3 rings (SSSR count). The van der Waals surface area contributed by atoms with Crippen molar-refractivity contribution in [3.05, 3.63) is 65.9 Å². The Labute approximate surface area is 247 Å². The van der Waals surface area contributed by atoms with E-state index in [9.17, 15) is 39.3 Å². The highest BCUT2D eigenvalue weighted by atomic mass is 16.4. The van der Waals surface area contributed by atoms with Crippen LogP contribution in [0.5, 0.6) is 5.75 Å². The van der Waals surface area contributed by atoms with Crippen molar-refractivity contribution in [2.75, 3.05) is 0 Å². The highest BCUT2D eigenvalue weighted by molar-refractivity contribution is 5.95. The molecule has 0 aliphatic carbocycles. The number of benzene rings is 2. The number of nitrogens with two attached hydrogens (primary N) is 1. The number of aromatic hydroxyl groups is 1. The number of fused-ring (bicyclic) bond motifs is 1. The molecule has 230 valence electrons. The van der Waals surface area contributed by atoms with E-state index in [2.05, 4.69) is 20.9 Å². The largest absolute Gasteiger partial charge is 0.508 e. The van der Waals surface area contributed by atoms with Crippen LogP contribution in [0, 0.1) is 5.92 Å². The Hall–Kier alpha value is -4.91. The molecule has 0 aliphatic heterocycles. The quantitative estimate of drug-likeness (QED) is 0.125. The number of aromatic amines is 1. The van der Waals surface area contributed by atoms with Crippen LogP contribution in [-0.4, -0.2) is 74.1 Å². The van der Waals surface area contributed by atoms with Crippen LogP contribution in [0.25, 0.3) is 10.9 Å². The number of phenolic OH excluding ortho intramolecular Hbond substituents is 1. The summed E-state index contributed by atoms with van der Waals surface area (Å²) in [5, 5.41) is 36.8. The molecule has 0 radical (unpaired) electrons. The first kappa shape index (κ1) is 32.6. The Kier molecular flexibility index (Phi) is 11.2. The number of aliphatic carboxylic acids is 2. The summed E-state index contributed by atoms with van der Waals surface area (Å²) in [4.78, 5) is 66.1. The van der Waals surface area contributed by atoms with Gasteiger partial charge in [0.05, 0.1) is 6.04 Å². The summed E-state index contributed by atoms with van der Waals surface area (Å²) in [6.45, 7) is 3.50. The summed E-state index contributed by atoms with van der Waals surface area (Å²) >= 11 is 0. The molecule has 13 heteroatoms. The zero-order chi connectivity index (χ0) is 31.7. The number of carboxylic acid groups (broad SMARTS) is 2. The number of nitrogens with one attached hydrogen (secondary N) is 4. The number of carboxylic acids is 2. The molecule has 0 spiro atoms. The van der Waals surface area contributed by atoms with Crippen LogP contribution in [0.3, 0.4) is 0 Å². The summed E-state index contributed by atoms with van der Waals surface area (Å²) in [6.07, 6.45) is 0.768. The highest BCUT2D eigenvalue weighted by Crippen LogP contribution is 2.20. The maximum absolute atomic E-state index is 13.6. The molecule has 13 nitrogen and oxygen atoms in total. The lowest BCUT2D eigenvalue weighted by molar-refractivity contribution is -0.143. The standard InChI is InChI=1S/C30H37N5O8/c1-16(2)26(31)29(41)34-23(14-18-15-32-21-6-4-3-5-20(18)21)28(40)33-22(11-12-25(37)38)27(39)35-24(30(42)43)13-17-7-9-19(36)10-8-17/h3-10,15-16,22-24,26,32,36H,11-14,31H2,1-2H3,(H,33,40)(H,34,41)(H,35,39)(H,37,38)(H,42,43). The van der Waals surface area contributed by atoms with Crippen LogP contribution < -0.4 is 21.7 Å². The number of aromatic nitrogens is 1. The molecule has 4 atom stereocenters. The fourth-order valence-corrected chi connectivity index (χ4v) is 4.45. The third-order valence-corrected chi connectivity index (χ3v) is 7.02. The average Bonchev–Trinajstić information content (AvgIpc) is 3.37. The van der Waals surface area contributed by atoms with Crippen molar-refractivity contribution >= 4 is 40.6 Å². The van der Waals surface area contributed by atoms with Crippen LogP contribution in [0.1, 0.15) is 37.8 Å². The van der Waals surface area contributed by atoms with Crippen LogP contribution in [0.4, 0.5) is 0 Å². The molecule has 0 aliphatic rings. The van der Waals surface area contributed by atoms with E-state index in [0.29, 0.717) is 11.1 Å². The van der Waals surface area contributed by atoms with Gasteiger partial charge in [-0.2, -0.15) is 0 Å². The molecular formula is C30H37N5O8. The monoisotopic (exact) mass is 595 g/mol. The molecule has 4 unspecified atom stereocenters. The molecule has 3 aromatic rings. The van der Waals surface area contributed by atoms with E-state index in [-0.39, 0.29) is 30.9 Å².